The van der Waals surface area contributed by atoms with E-state index in [0.29, 0.717) is 13.0 Å². The summed E-state index contributed by atoms with van der Waals surface area (Å²) in [5.74, 6) is 0.388. The molecule has 4 heteroatoms. The first-order valence-corrected chi connectivity index (χ1v) is 14.6. The summed E-state index contributed by atoms with van der Waals surface area (Å²) in [6.45, 7) is 7.90. The third kappa shape index (κ3) is 13.2. The van der Waals surface area contributed by atoms with E-state index in [1.165, 1.54) is 62.5 Å². The van der Waals surface area contributed by atoms with Crippen LogP contribution in [0.4, 0.5) is 0 Å². The first-order valence-electron chi connectivity index (χ1n) is 14.6. The Hall–Kier alpha value is -2.33. The van der Waals surface area contributed by atoms with Crippen molar-refractivity contribution in [1.82, 2.24) is 0 Å². The smallest absolute Gasteiger partial charge is 0.317 e. The number of hydrogen-bond acceptors (Lipinski definition) is 3. The van der Waals surface area contributed by atoms with Crippen LogP contribution in [-0.2, 0) is 22.5 Å². The van der Waals surface area contributed by atoms with Crippen LogP contribution >= 0.6 is 0 Å². The Morgan fingerprint density at radius 3 is 2.14 bits per heavy atom. The molecule has 0 aliphatic carbocycles. The second kappa shape index (κ2) is 17.2. The molecule has 2 rings (SSSR count). The zero-order chi connectivity index (χ0) is 26.9. The summed E-state index contributed by atoms with van der Waals surface area (Å²) in [5.41, 5.74) is 2.56. The molecule has 0 aromatic heterocycles. The van der Waals surface area contributed by atoms with Gasteiger partial charge in [-0.2, -0.15) is 0 Å². The maximum Gasteiger partial charge on any atom is 0.317 e. The highest BCUT2D eigenvalue weighted by Gasteiger charge is 2.28. The Morgan fingerprint density at radius 1 is 0.811 bits per heavy atom. The van der Waals surface area contributed by atoms with Gasteiger partial charge >= 0.3 is 5.97 Å². The van der Waals surface area contributed by atoms with Crippen LogP contribution in [0.3, 0.4) is 0 Å². The first-order chi connectivity index (χ1) is 17.8. The number of benzene rings is 2. The molecule has 2 unspecified atom stereocenters. The zero-order valence-electron chi connectivity index (χ0n) is 24.2. The normalized spacial score (nSPS) is 13.2. The lowest BCUT2D eigenvalue weighted by atomic mass is 10.0. The minimum Gasteiger partial charge on any atom is -0.455 e. The van der Waals surface area contributed by atoms with Crippen molar-refractivity contribution in [3.63, 3.8) is 0 Å². The Kier molecular flexibility index (Phi) is 14.4. The lowest BCUT2D eigenvalue weighted by Gasteiger charge is -2.32. The van der Waals surface area contributed by atoms with Gasteiger partial charge in [-0.3, -0.25) is 4.79 Å². The van der Waals surface area contributed by atoms with Crippen molar-refractivity contribution in [3.05, 3.63) is 65.7 Å². The molecule has 206 valence electrons. The van der Waals surface area contributed by atoms with E-state index in [9.17, 15) is 4.79 Å². The van der Waals surface area contributed by atoms with E-state index in [1.807, 2.05) is 25.1 Å². The van der Waals surface area contributed by atoms with E-state index < -0.39 is 6.29 Å². The molecule has 37 heavy (non-hydrogen) atoms. The highest BCUT2D eigenvalue weighted by atomic mass is 16.7. The number of unbranched alkanes of at least 4 members (excludes halogenated alkanes) is 7. The number of carbonyl (C=O) groups is 1. The summed E-state index contributed by atoms with van der Waals surface area (Å²) in [4.78, 5) is 13.0. The van der Waals surface area contributed by atoms with Crippen LogP contribution in [0, 0.1) is 5.92 Å². The minimum absolute atomic E-state index is 0.187. The van der Waals surface area contributed by atoms with Gasteiger partial charge < -0.3 is 14.0 Å². The van der Waals surface area contributed by atoms with Gasteiger partial charge in [0.1, 0.15) is 18.2 Å². The van der Waals surface area contributed by atoms with Gasteiger partial charge in [0.2, 0.25) is 6.29 Å². The molecule has 0 N–H and O–H groups in total. The largest absolute Gasteiger partial charge is 0.455 e. The van der Waals surface area contributed by atoms with Crippen molar-refractivity contribution in [2.45, 2.75) is 104 Å². The molecule has 2 aromatic rings. The quantitative estimate of drug-likeness (QED) is 0.0824. The fourth-order valence-corrected chi connectivity index (χ4v) is 4.97. The van der Waals surface area contributed by atoms with Crippen molar-refractivity contribution in [3.8, 4) is 5.75 Å². The maximum atomic E-state index is 13.0. The predicted molar refractivity (Wildman–Crippen MR) is 154 cm³/mol. The number of quaternary nitrogens is 1. The molecule has 0 heterocycles. The Morgan fingerprint density at radius 2 is 1.46 bits per heavy atom. The molecule has 0 fully saturated rings. The van der Waals surface area contributed by atoms with Gasteiger partial charge in [-0.25, -0.2) is 0 Å². The summed E-state index contributed by atoms with van der Waals surface area (Å²) >= 11 is 0. The summed E-state index contributed by atoms with van der Waals surface area (Å²) in [6.07, 6.45) is 12.7. The van der Waals surface area contributed by atoms with Crippen molar-refractivity contribution >= 4 is 5.97 Å². The van der Waals surface area contributed by atoms with Gasteiger partial charge in [-0.15, -0.1) is 0 Å². The predicted octanol–water partition coefficient (Wildman–Crippen LogP) is 8.33. The number of ether oxygens (including phenoxy) is 2. The Labute approximate surface area is 227 Å². The third-order valence-electron chi connectivity index (χ3n) is 6.88. The standard InChI is InChI=1S/C33H52NO3/c1-6-8-9-10-11-12-13-15-20-29-23-18-24-31(25-29)36-32(19-7-2)37-33(35)28(3)26-34(4,5)27-30-21-16-14-17-22-30/h14,16-18,21-25,28,32H,6-13,15,19-20,26-27H2,1-5H3/q+1. The second-order valence-corrected chi connectivity index (χ2v) is 11.3. The SMILES string of the molecule is CCCCCCCCCCc1cccc(OC(CCC)OC(=O)C(C)C[N+](C)(C)Cc2ccccc2)c1. The molecule has 2 atom stereocenters. The number of aryl methyl sites for hydroxylation is 1. The average Bonchev–Trinajstić information content (AvgIpc) is 2.86. The van der Waals surface area contributed by atoms with Crippen LogP contribution < -0.4 is 4.74 Å². The van der Waals surface area contributed by atoms with Crippen LogP contribution in [0.25, 0.3) is 0 Å². The molecule has 0 bridgehead atoms. The topological polar surface area (TPSA) is 35.5 Å². The van der Waals surface area contributed by atoms with Crippen molar-refractivity contribution in [2.24, 2.45) is 5.92 Å². The molecular formula is C33H52NO3+. The number of rotatable bonds is 19. The molecule has 0 saturated carbocycles. The van der Waals surface area contributed by atoms with Crippen LogP contribution in [0.2, 0.25) is 0 Å². The molecule has 0 aliphatic rings. The molecule has 2 aromatic carbocycles. The fourth-order valence-electron chi connectivity index (χ4n) is 4.97. The average molecular weight is 511 g/mol. The number of carbonyl (C=O) groups excluding carboxylic acids is 1. The van der Waals surface area contributed by atoms with Gasteiger partial charge in [0, 0.05) is 12.0 Å². The highest BCUT2D eigenvalue weighted by Crippen LogP contribution is 2.21. The van der Waals surface area contributed by atoms with Crippen LogP contribution in [0.5, 0.6) is 5.75 Å². The van der Waals surface area contributed by atoms with Crippen molar-refractivity contribution in [2.75, 3.05) is 20.6 Å². The van der Waals surface area contributed by atoms with Crippen molar-refractivity contribution < 1.29 is 18.8 Å². The van der Waals surface area contributed by atoms with E-state index in [0.717, 1.165) is 29.6 Å². The molecule has 0 spiro atoms. The van der Waals surface area contributed by atoms with E-state index >= 15 is 0 Å². The summed E-state index contributed by atoms with van der Waals surface area (Å²) in [5, 5.41) is 0. The third-order valence-corrected chi connectivity index (χ3v) is 6.88. The zero-order valence-corrected chi connectivity index (χ0v) is 24.2. The van der Waals surface area contributed by atoms with Crippen LogP contribution in [0.1, 0.15) is 96.1 Å². The van der Waals surface area contributed by atoms with Gasteiger partial charge in [-0.1, -0.05) is 101 Å². The van der Waals surface area contributed by atoms with Crippen LogP contribution in [0.15, 0.2) is 54.6 Å². The van der Waals surface area contributed by atoms with Gasteiger partial charge in [0.05, 0.1) is 20.6 Å². The second-order valence-electron chi connectivity index (χ2n) is 11.3. The van der Waals surface area contributed by atoms with Gasteiger partial charge in [0.25, 0.3) is 0 Å². The number of hydrogen-bond donors (Lipinski definition) is 0. The van der Waals surface area contributed by atoms with E-state index in [2.05, 4.69) is 64.3 Å². The monoisotopic (exact) mass is 510 g/mol. The lowest BCUT2D eigenvalue weighted by molar-refractivity contribution is -0.905. The van der Waals surface area contributed by atoms with Crippen LogP contribution in [-0.4, -0.2) is 37.4 Å². The fraction of sp³-hybridized carbons (Fsp3) is 0.606. The molecule has 0 amide bonds. The lowest BCUT2D eigenvalue weighted by Crippen LogP contribution is -2.44. The van der Waals surface area contributed by atoms with Gasteiger partial charge in [-0.05, 0) is 43.9 Å². The molecule has 0 aliphatic heterocycles. The number of nitrogens with zero attached hydrogens (tertiary/aromatic N) is 1. The molecule has 4 nitrogen and oxygen atoms in total. The van der Waals surface area contributed by atoms with E-state index in [-0.39, 0.29) is 11.9 Å². The summed E-state index contributed by atoms with van der Waals surface area (Å²) in [6, 6.07) is 18.7. The van der Waals surface area contributed by atoms with Gasteiger partial charge in [0.15, 0.2) is 0 Å². The molecule has 0 radical (unpaired) electrons. The summed E-state index contributed by atoms with van der Waals surface area (Å²) < 4.78 is 12.8. The minimum atomic E-state index is -0.553. The maximum absolute atomic E-state index is 13.0. The Balaban J connectivity index is 1.82. The van der Waals surface area contributed by atoms with E-state index in [1.54, 1.807) is 0 Å². The Bertz CT molecular complexity index is 880. The highest BCUT2D eigenvalue weighted by molar-refractivity contribution is 5.72. The molecule has 0 saturated heterocycles. The first kappa shape index (κ1) is 30.9. The van der Waals surface area contributed by atoms with Crippen molar-refractivity contribution in [1.29, 1.82) is 0 Å². The summed E-state index contributed by atoms with van der Waals surface area (Å²) in [7, 11) is 4.32. The molecular weight excluding hydrogens is 458 g/mol. The number of esters is 1. The van der Waals surface area contributed by atoms with E-state index in [4.69, 9.17) is 9.47 Å².